The molecule has 3 aromatic rings. The fourth-order valence-electron chi connectivity index (χ4n) is 3.40. The number of rotatable bonds is 10. The molecule has 38 heavy (non-hydrogen) atoms. The molecule has 3 aromatic carbocycles. The summed E-state index contributed by atoms with van der Waals surface area (Å²) in [5, 5.41) is 3.49. The van der Waals surface area contributed by atoms with Gasteiger partial charge in [-0.25, -0.2) is 0 Å². The topological polar surface area (TPSA) is 94.2 Å². The third-order valence-electron chi connectivity index (χ3n) is 5.24. The lowest BCUT2D eigenvalue weighted by atomic mass is 10.2. The summed E-state index contributed by atoms with van der Waals surface area (Å²) in [5.74, 6) is 0.552. The first kappa shape index (κ1) is 27.4. The first-order valence-electron chi connectivity index (χ1n) is 11.3. The van der Waals surface area contributed by atoms with Gasteiger partial charge in [0.15, 0.2) is 18.1 Å². The number of hydrogen-bond donors (Lipinski definition) is 1. The van der Waals surface area contributed by atoms with Crippen LogP contribution in [0.3, 0.4) is 0 Å². The van der Waals surface area contributed by atoms with E-state index < -0.39 is 5.91 Å². The highest BCUT2D eigenvalue weighted by Crippen LogP contribution is 2.34. The van der Waals surface area contributed by atoms with Crippen LogP contribution in [0.2, 0.25) is 10.0 Å². The number of hydrogen-bond acceptors (Lipinski definition) is 7. The number of anilines is 1. The molecular weight excluding hydrogens is 551 g/mol. The molecule has 196 valence electrons. The minimum atomic E-state index is -0.405. The van der Waals surface area contributed by atoms with Gasteiger partial charge < -0.3 is 19.5 Å². The molecule has 0 aromatic heterocycles. The number of carbonyl (C=O) groups excluding carboxylic acids is 3. The van der Waals surface area contributed by atoms with E-state index in [9.17, 15) is 14.4 Å². The van der Waals surface area contributed by atoms with E-state index in [1.807, 2.05) is 0 Å². The number of carbonyl (C=O) groups is 3. The molecule has 1 saturated heterocycles. The normalized spacial score (nSPS) is 14.1. The van der Waals surface area contributed by atoms with E-state index in [1.165, 1.54) is 7.11 Å². The highest BCUT2D eigenvalue weighted by atomic mass is 35.5. The lowest BCUT2D eigenvalue weighted by Crippen LogP contribution is -2.32. The van der Waals surface area contributed by atoms with Crippen LogP contribution >= 0.6 is 35.0 Å². The molecule has 0 saturated carbocycles. The van der Waals surface area contributed by atoms with Gasteiger partial charge in [0.2, 0.25) is 0 Å². The third kappa shape index (κ3) is 7.22. The molecule has 0 atom stereocenters. The minimum absolute atomic E-state index is 0.110. The Bertz CT molecular complexity index is 1360. The summed E-state index contributed by atoms with van der Waals surface area (Å²) in [5.41, 5.74) is 1.22. The molecular formula is C27H22Cl2N2O6S. The molecule has 1 fully saturated rings. The summed E-state index contributed by atoms with van der Waals surface area (Å²) >= 11 is 12.6. The number of amides is 3. The number of nitrogens with zero attached hydrogens (tertiary/aromatic N) is 1. The molecule has 4 rings (SSSR count). The van der Waals surface area contributed by atoms with Gasteiger partial charge in [-0.15, -0.1) is 0 Å². The van der Waals surface area contributed by atoms with Crippen molar-refractivity contribution in [2.75, 3.05) is 32.2 Å². The van der Waals surface area contributed by atoms with E-state index in [2.05, 4.69) is 5.32 Å². The zero-order valence-electron chi connectivity index (χ0n) is 20.1. The van der Waals surface area contributed by atoms with Crippen molar-refractivity contribution in [3.8, 4) is 17.2 Å². The fourth-order valence-corrected chi connectivity index (χ4v) is 4.51. The Morgan fingerprint density at radius 2 is 1.63 bits per heavy atom. The Morgan fingerprint density at radius 3 is 2.32 bits per heavy atom. The van der Waals surface area contributed by atoms with Crippen LogP contribution in [-0.4, -0.2) is 48.8 Å². The monoisotopic (exact) mass is 572 g/mol. The van der Waals surface area contributed by atoms with Crippen molar-refractivity contribution in [3.63, 3.8) is 0 Å². The van der Waals surface area contributed by atoms with Crippen LogP contribution in [-0.2, 0) is 9.59 Å². The Labute approximate surface area is 233 Å². The Kier molecular flexibility index (Phi) is 9.17. The van der Waals surface area contributed by atoms with Crippen molar-refractivity contribution in [1.82, 2.24) is 4.90 Å². The van der Waals surface area contributed by atoms with Crippen molar-refractivity contribution >= 4 is 63.8 Å². The number of ether oxygens (including phenoxy) is 3. The van der Waals surface area contributed by atoms with Gasteiger partial charge in [0.05, 0.1) is 18.6 Å². The number of halogens is 2. The zero-order valence-corrected chi connectivity index (χ0v) is 22.4. The first-order chi connectivity index (χ1) is 18.3. The van der Waals surface area contributed by atoms with Crippen molar-refractivity contribution in [3.05, 3.63) is 87.2 Å². The summed E-state index contributed by atoms with van der Waals surface area (Å²) in [6, 6.07) is 18.5. The van der Waals surface area contributed by atoms with Crippen LogP contribution in [0.4, 0.5) is 10.5 Å². The molecule has 0 radical (unpaired) electrons. The van der Waals surface area contributed by atoms with Crippen LogP contribution in [0.5, 0.6) is 17.2 Å². The van der Waals surface area contributed by atoms with Gasteiger partial charge in [0, 0.05) is 15.7 Å². The number of thioether (sulfide) groups is 1. The predicted molar refractivity (Wildman–Crippen MR) is 148 cm³/mol. The van der Waals surface area contributed by atoms with Gasteiger partial charge in [-0.05, 0) is 84.1 Å². The van der Waals surface area contributed by atoms with Crippen molar-refractivity contribution < 1.29 is 28.6 Å². The molecule has 0 bridgehead atoms. The van der Waals surface area contributed by atoms with Crippen molar-refractivity contribution in [1.29, 1.82) is 0 Å². The molecule has 0 aliphatic carbocycles. The molecule has 3 amide bonds. The Hall–Kier alpha value is -3.66. The maximum absolute atomic E-state index is 12.8. The maximum Gasteiger partial charge on any atom is 0.293 e. The Balaban J connectivity index is 1.34. The van der Waals surface area contributed by atoms with Gasteiger partial charge in [0.1, 0.15) is 12.4 Å². The molecule has 1 aliphatic rings. The van der Waals surface area contributed by atoms with Gasteiger partial charge >= 0.3 is 0 Å². The van der Waals surface area contributed by atoms with Gasteiger partial charge in [-0.1, -0.05) is 29.3 Å². The predicted octanol–water partition coefficient (Wildman–Crippen LogP) is 6.13. The quantitative estimate of drug-likeness (QED) is 0.292. The average molecular weight is 573 g/mol. The number of nitrogens with one attached hydrogen (secondary N) is 1. The standard InChI is InChI=1S/C27H22Cl2N2O6S/c1-35-23-14-17(2-11-22(23)37-16-25(32)30-20-7-3-18(28)4-8-20)15-24-26(33)31(27(34)38-24)12-13-36-21-9-5-19(29)6-10-21/h2-11,14-15H,12-13,16H2,1H3,(H,30,32)/b24-15-. The number of benzene rings is 3. The van der Waals surface area contributed by atoms with Crippen LogP contribution in [0.15, 0.2) is 71.6 Å². The van der Waals surface area contributed by atoms with Gasteiger partial charge in [0.25, 0.3) is 17.1 Å². The average Bonchev–Trinajstić information content (AvgIpc) is 3.17. The van der Waals surface area contributed by atoms with Crippen molar-refractivity contribution in [2.45, 2.75) is 0 Å². The summed E-state index contributed by atoms with van der Waals surface area (Å²) in [7, 11) is 1.47. The van der Waals surface area contributed by atoms with Gasteiger partial charge in [-0.2, -0.15) is 0 Å². The van der Waals surface area contributed by atoms with Gasteiger partial charge in [-0.3, -0.25) is 19.3 Å². The molecule has 0 unspecified atom stereocenters. The maximum atomic E-state index is 12.8. The van der Waals surface area contributed by atoms with Crippen LogP contribution in [0.25, 0.3) is 6.08 Å². The highest BCUT2D eigenvalue weighted by molar-refractivity contribution is 8.18. The van der Waals surface area contributed by atoms with Crippen molar-refractivity contribution in [2.24, 2.45) is 0 Å². The largest absolute Gasteiger partial charge is 0.493 e. The second-order valence-electron chi connectivity index (χ2n) is 7.89. The number of methoxy groups -OCH3 is 1. The fraction of sp³-hybridized carbons (Fsp3) is 0.148. The molecule has 8 nitrogen and oxygen atoms in total. The van der Waals surface area contributed by atoms with Crippen LogP contribution in [0.1, 0.15) is 5.56 Å². The van der Waals surface area contributed by atoms with Crippen LogP contribution < -0.4 is 19.5 Å². The van der Waals surface area contributed by atoms with E-state index in [4.69, 9.17) is 37.4 Å². The molecule has 11 heteroatoms. The summed E-state index contributed by atoms with van der Waals surface area (Å²) < 4.78 is 16.6. The van der Waals surface area contributed by atoms with E-state index in [0.29, 0.717) is 38.5 Å². The molecule has 0 spiro atoms. The summed E-state index contributed by atoms with van der Waals surface area (Å²) in [4.78, 5) is 38.9. The lowest BCUT2D eigenvalue weighted by Gasteiger charge is -2.13. The minimum Gasteiger partial charge on any atom is -0.493 e. The number of imide groups is 1. The zero-order chi connectivity index (χ0) is 27.1. The second kappa shape index (κ2) is 12.7. The van der Waals surface area contributed by atoms with E-state index in [-0.39, 0.29) is 35.8 Å². The van der Waals surface area contributed by atoms with E-state index >= 15 is 0 Å². The smallest absolute Gasteiger partial charge is 0.293 e. The lowest BCUT2D eigenvalue weighted by molar-refractivity contribution is -0.123. The SMILES string of the molecule is COc1cc(/C=C2\SC(=O)N(CCOc3ccc(Cl)cc3)C2=O)ccc1OCC(=O)Nc1ccc(Cl)cc1. The highest BCUT2D eigenvalue weighted by Gasteiger charge is 2.34. The molecule has 1 aliphatic heterocycles. The summed E-state index contributed by atoms with van der Waals surface area (Å²) in [6.45, 7) is 0.0204. The van der Waals surface area contributed by atoms with E-state index in [0.717, 1.165) is 16.7 Å². The van der Waals surface area contributed by atoms with Crippen LogP contribution in [0, 0.1) is 0 Å². The first-order valence-corrected chi connectivity index (χ1v) is 12.9. The van der Waals surface area contributed by atoms with E-state index in [1.54, 1.807) is 72.8 Å². The third-order valence-corrected chi connectivity index (χ3v) is 6.65. The second-order valence-corrected chi connectivity index (χ2v) is 9.76. The molecule has 1 heterocycles. The molecule has 1 N–H and O–H groups in total. The Morgan fingerprint density at radius 1 is 0.947 bits per heavy atom. The summed E-state index contributed by atoms with van der Waals surface area (Å²) in [6.07, 6.45) is 1.60.